The highest BCUT2D eigenvalue weighted by atomic mass is 16.2. The standard InChI is InChI=1S/C24H29N3O2/c25-21-9-4-10-22-20(21)8-5-15-27(22)24(29)19-13-16-26(17-14-19)23(28)12-11-18-6-2-1-3-7-18/h1-4,6-7,9-10,19H,5,8,11-17,25H2. The zero-order valence-corrected chi connectivity index (χ0v) is 16.8. The van der Waals surface area contributed by atoms with E-state index in [1.165, 1.54) is 5.56 Å². The first-order chi connectivity index (χ1) is 14.1. The van der Waals surface area contributed by atoms with Crippen LogP contribution in [0.5, 0.6) is 0 Å². The van der Waals surface area contributed by atoms with E-state index in [2.05, 4.69) is 12.1 Å². The van der Waals surface area contributed by atoms with Crippen molar-refractivity contribution in [3.8, 4) is 0 Å². The molecule has 0 spiro atoms. The highest BCUT2D eigenvalue weighted by Gasteiger charge is 2.32. The van der Waals surface area contributed by atoms with Gasteiger partial charge in [0.25, 0.3) is 0 Å². The second kappa shape index (κ2) is 8.68. The number of amides is 2. The third-order valence-electron chi connectivity index (χ3n) is 6.22. The summed E-state index contributed by atoms with van der Waals surface area (Å²) in [7, 11) is 0. The highest BCUT2D eigenvalue weighted by Crippen LogP contribution is 2.33. The minimum absolute atomic E-state index is 0.0134. The number of carbonyl (C=O) groups is 2. The topological polar surface area (TPSA) is 66.6 Å². The third-order valence-corrected chi connectivity index (χ3v) is 6.22. The SMILES string of the molecule is Nc1cccc2c1CCCN2C(=O)C1CCN(C(=O)CCc2ccccc2)CC1. The van der Waals surface area contributed by atoms with Crippen molar-refractivity contribution in [1.29, 1.82) is 0 Å². The van der Waals surface area contributed by atoms with E-state index >= 15 is 0 Å². The highest BCUT2D eigenvalue weighted by molar-refractivity contribution is 5.97. The van der Waals surface area contributed by atoms with Crippen LogP contribution in [0.15, 0.2) is 48.5 Å². The molecular weight excluding hydrogens is 362 g/mol. The van der Waals surface area contributed by atoms with Crippen LogP contribution in [-0.2, 0) is 22.4 Å². The van der Waals surface area contributed by atoms with E-state index in [4.69, 9.17) is 5.73 Å². The monoisotopic (exact) mass is 391 g/mol. The van der Waals surface area contributed by atoms with E-state index in [0.717, 1.165) is 55.6 Å². The number of benzene rings is 2. The predicted molar refractivity (Wildman–Crippen MR) is 116 cm³/mol. The molecule has 0 radical (unpaired) electrons. The summed E-state index contributed by atoms with van der Waals surface area (Å²) >= 11 is 0. The minimum atomic E-state index is -0.0134. The maximum atomic E-state index is 13.2. The zero-order chi connectivity index (χ0) is 20.2. The van der Waals surface area contributed by atoms with Crippen molar-refractivity contribution in [3.05, 3.63) is 59.7 Å². The van der Waals surface area contributed by atoms with Gasteiger partial charge in [-0.15, -0.1) is 0 Å². The molecule has 152 valence electrons. The molecule has 2 aromatic rings. The second-order valence-electron chi connectivity index (χ2n) is 8.08. The van der Waals surface area contributed by atoms with Gasteiger partial charge in [0, 0.05) is 43.3 Å². The molecule has 0 aliphatic carbocycles. The Morgan fingerprint density at radius 1 is 0.966 bits per heavy atom. The molecule has 5 heteroatoms. The number of rotatable bonds is 4. The van der Waals surface area contributed by atoms with Crippen molar-refractivity contribution < 1.29 is 9.59 Å². The van der Waals surface area contributed by atoms with Gasteiger partial charge in [0.1, 0.15) is 0 Å². The van der Waals surface area contributed by atoms with Crippen molar-refractivity contribution >= 4 is 23.2 Å². The minimum Gasteiger partial charge on any atom is -0.398 e. The average molecular weight is 392 g/mol. The molecule has 2 N–H and O–H groups in total. The third kappa shape index (κ3) is 4.29. The van der Waals surface area contributed by atoms with E-state index in [9.17, 15) is 9.59 Å². The Balaban J connectivity index is 1.32. The molecule has 2 aromatic carbocycles. The molecule has 1 fully saturated rings. The van der Waals surface area contributed by atoms with Crippen LogP contribution in [0, 0.1) is 5.92 Å². The number of fused-ring (bicyclic) bond motifs is 1. The van der Waals surface area contributed by atoms with Crippen LogP contribution in [0.25, 0.3) is 0 Å². The molecule has 2 aliphatic rings. The van der Waals surface area contributed by atoms with Crippen molar-refractivity contribution in [2.45, 2.75) is 38.5 Å². The quantitative estimate of drug-likeness (QED) is 0.812. The molecule has 0 atom stereocenters. The van der Waals surface area contributed by atoms with E-state index in [-0.39, 0.29) is 17.7 Å². The van der Waals surface area contributed by atoms with Crippen LogP contribution < -0.4 is 10.6 Å². The predicted octanol–water partition coefficient (Wildman–Crippen LogP) is 3.42. The van der Waals surface area contributed by atoms with Crippen molar-refractivity contribution in [1.82, 2.24) is 4.90 Å². The van der Waals surface area contributed by atoms with Gasteiger partial charge in [0.2, 0.25) is 11.8 Å². The number of likely N-dealkylation sites (tertiary alicyclic amines) is 1. The maximum Gasteiger partial charge on any atom is 0.230 e. The van der Waals surface area contributed by atoms with Crippen LogP contribution in [-0.4, -0.2) is 36.3 Å². The van der Waals surface area contributed by atoms with Gasteiger partial charge in [-0.2, -0.15) is 0 Å². The average Bonchev–Trinajstić information content (AvgIpc) is 2.78. The van der Waals surface area contributed by atoms with Crippen LogP contribution in [0.2, 0.25) is 0 Å². The number of carbonyl (C=O) groups excluding carboxylic acids is 2. The fourth-order valence-corrected chi connectivity index (χ4v) is 4.53. The summed E-state index contributed by atoms with van der Waals surface area (Å²) in [6.07, 6.45) is 4.66. The Hall–Kier alpha value is -2.82. The Morgan fingerprint density at radius 2 is 1.72 bits per heavy atom. The number of piperidine rings is 1. The molecule has 2 aliphatic heterocycles. The zero-order valence-electron chi connectivity index (χ0n) is 16.8. The lowest BCUT2D eigenvalue weighted by Gasteiger charge is -2.36. The molecule has 1 saturated heterocycles. The summed E-state index contributed by atoms with van der Waals surface area (Å²) in [5, 5.41) is 0. The van der Waals surface area contributed by atoms with Crippen molar-refractivity contribution in [2.75, 3.05) is 30.3 Å². The van der Waals surface area contributed by atoms with Crippen LogP contribution in [0.4, 0.5) is 11.4 Å². The van der Waals surface area contributed by atoms with Crippen LogP contribution >= 0.6 is 0 Å². The number of nitrogens with zero attached hydrogens (tertiary/aromatic N) is 2. The van der Waals surface area contributed by atoms with Crippen LogP contribution in [0.1, 0.15) is 36.8 Å². The molecule has 2 heterocycles. The van der Waals surface area contributed by atoms with Gasteiger partial charge < -0.3 is 15.5 Å². The first kappa shape index (κ1) is 19.5. The first-order valence-electron chi connectivity index (χ1n) is 10.6. The molecule has 0 unspecified atom stereocenters. The lowest BCUT2D eigenvalue weighted by molar-refractivity contribution is -0.134. The Labute approximate surface area is 172 Å². The van der Waals surface area contributed by atoms with Crippen LogP contribution in [0.3, 0.4) is 0 Å². The molecule has 0 bridgehead atoms. The van der Waals surface area contributed by atoms with Crippen molar-refractivity contribution in [2.24, 2.45) is 5.92 Å². The van der Waals surface area contributed by atoms with Crippen molar-refractivity contribution in [3.63, 3.8) is 0 Å². The number of nitrogen functional groups attached to an aromatic ring is 1. The van der Waals surface area contributed by atoms with Gasteiger partial charge in [0.15, 0.2) is 0 Å². The fraction of sp³-hybridized carbons (Fsp3) is 0.417. The molecule has 29 heavy (non-hydrogen) atoms. The Kier molecular flexibility index (Phi) is 5.84. The number of nitrogens with two attached hydrogens (primary N) is 1. The van der Waals surface area contributed by atoms with Gasteiger partial charge in [-0.3, -0.25) is 9.59 Å². The first-order valence-corrected chi connectivity index (χ1v) is 10.6. The summed E-state index contributed by atoms with van der Waals surface area (Å²) in [5.41, 5.74) is 10.2. The molecule has 4 rings (SSSR count). The summed E-state index contributed by atoms with van der Waals surface area (Å²) in [5.74, 6) is 0.365. The smallest absolute Gasteiger partial charge is 0.230 e. The largest absolute Gasteiger partial charge is 0.398 e. The van der Waals surface area contributed by atoms with Gasteiger partial charge in [0.05, 0.1) is 0 Å². The maximum absolute atomic E-state index is 13.2. The van der Waals surface area contributed by atoms with Gasteiger partial charge in [-0.1, -0.05) is 36.4 Å². The number of hydrogen-bond donors (Lipinski definition) is 1. The van der Waals surface area contributed by atoms with E-state index in [1.807, 2.05) is 46.2 Å². The number of hydrogen-bond acceptors (Lipinski definition) is 3. The van der Waals surface area contributed by atoms with E-state index in [0.29, 0.717) is 19.5 Å². The van der Waals surface area contributed by atoms with Gasteiger partial charge in [-0.25, -0.2) is 0 Å². The lowest BCUT2D eigenvalue weighted by Crippen LogP contribution is -2.46. The summed E-state index contributed by atoms with van der Waals surface area (Å²) < 4.78 is 0. The molecule has 0 saturated carbocycles. The summed E-state index contributed by atoms with van der Waals surface area (Å²) in [4.78, 5) is 29.6. The Bertz CT molecular complexity index is 873. The summed E-state index contributed by atoms with van der Waals surface area (Å²) in [6, 6.07) is 15.9. The molecule has 5 nitrogen and oxygen atoms in total. The molecular formula is C24H29N3O2. The Morgan fingerprint density at radius 3 is 2.48 bits per heavy atom. The van der Waals surface area contributed by atoms with Gasteiger partial charge in [-0.05, 0) is 55.4 Å². The van der Waals surface area contributed by atoms with E-state index in [1.54, 1.807) is 0 Å². The van der Waals surface area contributed by atoms with Gasteiger partial charge >= 0.3 is 0 Å². The normalized spacial score (nSPS) is 17.1. The number of anilines is 2. The summed E-state index contributed by atoms with van der Waals surface area (Å²) in [6.45, 7) is 2.09. The lowest BCUT2D eigenvalue weighted by atomic mass is 9.92. The fourth-order valence-electron chi connectivity index (χ4n) is 4.53. The molecule has 2 amide bonds. The second-order valence-corrected chi connectivity index (χ2v) is 8.08. The molecule has 0 aromatic heterocycles. The number of aryl methyl sites for hydroxylation is 1. The van der Waals surface area contributed by atoms with E-state index < -0.39 is 0 Å².